The second-order valence-corrected chi connectivity index (χ2v) is 7.60. The molecule has 1 aromatic heterocycles. The third kappa shape index (κ3) is 3.56. The molecule has 0 radical (unpaired) electrons. The standard InChI is InChI=1S/C18H18FN3O2S/c1-13(2)15-7-3-5-9-17(15)21-25(23,24)14-11-20-22(12-14)18-10-6-4-8-16(18)19/h3-13,21H,1-2H3. The van der Waals surface area contributed by atoms with Crippen LogP contribution in [0, 0.1) is 5.82 Å². The van der Waals surface area contributed by atoms with E-state index in [2.05, 4.69) is 9.82 Å². The molecule has 1 heterocycles. The molecule has 3 rings (SSSR count). The second kappa shape index (κ2) is 6.68. The third-order valence-electron chi connectivity index (χ3n) is 3.80. The topological polar surface area (TPSA) is 64.0 Å². The maximum Gasteiger partial charge on any atom is 0.265 e. The fourth-order valence-electron chi connectivity index (χ4n) is 2.51. The van der Waals surface area contributed by atoms with Crippen molar-refractivity contribution in [2.24, 2.45) is 0 Å². The monoisotopic (exact) mass is 359 g/mol. The van der Waals surface area contributed by atoms with Crippen LogP contribution >= 0.6 is 0 Å². The van der Waals surface area contributed by atoms with Crippen molar-refractivity contribution in [3.8, 4) is 5.69 Å². The van der Waals surface area contributed by atoms with E-state index < -0.39 is 15.8 Å². The fourth-order valence-corrected chi connectivity index (χ4v) is 3.53. The highest BCUT2D eigenvalue weighted by atomic mass is 32.2. The summed E-state index contributed by atoms with van der Waals surface area (Å²) in [6.45, 7) is 3.98. The summed E-state index contributed by atoms with van der Waals surface area (Å²) in [4.78, 5) is -0.0330. The zero-order valence-corrected chi connectivity index (χ0v) is 14.7. The first kappa shape index (κ1) is 17.2. The number of nitrogens with one attached hydrogen (secondary N) is 1. The van der Waals surface area contributed by atoms with Crippen LogP contribution in [-0.2, 0) is 10.0 Å². The quantitative estimate of drug-likeness (QED) is 0.750. The number of hydrogen-bond donors (Lipinski definition) is 1. The maximum atomic E-state index is 13.8. The summed E-state index contributed by atoms with van der Waals surface area (Å²) in [7, 11) is -3.83. The van der Waals surface area contributed by atoms with Gasteiger partial charge in [-0.2, -0.15) is 5.10 Å². The van der Waals surface area contributed by atoms with Crippen LogP contribution in [0.15, 0.2) is 65.8 Å². The van der Waals surface area contributed by atoms with Crippen LogP contribution in [0.1, 0.15) is 25.3 Å². The molecule has 0 atom stereocenters. The van der Waals surface area contributed by atoms with Crippen molar-refractivity contribution in [3.05, 3.63) is 72.3 Å². The Morgan fingerprint density at radius 3 is 2.48 bits per heavy atom. The first-order chi connectivity index (χ1) is 11.9. The van der Waals surface area contributed by atoms with E-state index in [1.165, 1.54) is 29.2 Å². The normalized spacial score (nSPS) is 11.7. The number of halogens is 1. The summed E-state index contributed by atoms with van der Waals surface area (Å²) < 4.78 is 42.9. The van der Waals surface area contributed by atoms with Crippen LogP contribution in [0.2, 0.25) is 0 Å². The molecule has 0 spiro atoms. The van der Waals surface area contributed by atoms with E-state index in [-0.39, 0.29) is 16.5 Å². The summed E-state index contributed by atoms with van der Waals surface area (Å²) >= 11 is 0. The van der Waals surface area contributed by atoms with Crippen LogP contribution in [-0.4, -0.2) is 18.2 Å². The number of para-hydroxylation sites is 2. The van der Waals surface area contributed by atoms with Crippen molar-refractivity contribution < 1.29 is 12.8 Å². The van der Waals surface area contributed by atoms with Gasteiger partial charge in [0.1, 0.15) is 16.4 Å². The summed E-state index contributed by atoms with van der Waals surface area (Å²) in [6, 6.07) is 13.3. The molecule has 5 nitrogen and oxygen atoms in total. The van der Waals surface area contributed by atoms with Crippen molar-refractivity contribution in [2.75, 3.05) is 4.72 Å². The molecule has 0 saturated carbocycles. The second-order valence-electron chi connectivity index (χ2n) is 5.92. The Bertz CT molecular complexity index is 997. The molecule has 0 fully saturated rings. The minimum Gasteiger partial charge on any atom is -0.279 e. The van der Waals surface area contributed by atoms with Gasteiger partial charge in [-0.15, -0.1) is 0 Å². The van der Waals surface area contributed by atoms with Gasteiger partial charge in [-0.05, 0) is 29.7 Å². The average molecular weight is 359 g/mol. The van der Waals surface area contributed by atoms with Crippen molar-refractivity contribution in [3.63, 3.8) is 0 Å². The SMILES string of the molecule is CC(C)c1ccccc1NS(=O)(=O)c1cnn(-c2ccccc2F)c1. The van der Waals surface area contributed by atoms with E-state index >= 15 is 0 Å². The van der Waals surface area contributed by atoms with Gasteiger partial charge in [0.05, 0.1) is 18.1 Å². The number of benzene rings is 2. The summed E-state index contributed by atoms with van der Waals surface area (Å²) in [5.41, 5.74) is 1.61. The Balaban J connectivity index is 1.93. The summed E-state index contributed by atoms with van der Waals surface area (Å²) in [5.74, 6) is -0.312. The van der Waals surface area contributed by atoms with Gasteiger partial charge in [0.15, 0.2) is 0 Å². The van der Waals surface area contributed by atoms with Crippen LogP contribution in [0.4, 0.5) is 10.1 Å². The lowest BCUT2D eigenvalue weighted by molar-refractivity contribution is 0.600. The van der Waals surface area contributed by atoms with Gasteiger partial charge in [-0.25, -0.2) is 17.5 Å². The molecule has 0 amide bonds. The van der Waals surface area contributed by atoms with Gasteiger partial charge in [0.25, 0.3) is 10.0 Å². The Morgan fingerprint density at radius 1 is 1.08 bits per heavy atom. The lowest BCUT2D eigenvalue weighted by atomic mass is 10.0. The van der Waals surface area contributed by atoms with Gasteiger partial charge in [-0.3, -0.25) is 4.72 Å². The minimum absolute atomic E-state index is 0.0330. The van der Waals surface area contributed by atoms with E-state index in [1.807, 2.05) is 26.0 Å². The number of sulfonamides is 1. The predicted octanol–water partition coefficient (Wildman–Crippen LogP) is 3.94. The Hall–Kier alpha value is -2.67. The zero-order valence-electron chi connectivity index (χ0n) is 13.8. The van der Waals surface area contributed by atoms with Gasteiger partial charge in [0.2, 0.25) is 0 Å². The third-order valence-corrected chi connectivity index (χ3v) is 5.12. The van der Waals surface area contributed by atoms with E-state index in [1.54, 1.807) is 24.3 Å². The molecule has 7 heteroatoms. The molecule has 0 aliphatic heterocycles. The maximum absolute atomic E-state index is 13.8. The molecule has 0 unspecified atom stereocenters. The first-order valence-electron chi connectivity index (χ1n) is 7.80. The Kier molecular flexibility index (Phi) is 4.59. The van der Waals surface area contributed by atoms with Crippen LogP contribution < -0.4 is 4.72 Å². The molecule has 1 N–H and O–H groups in total. The van der Waals surface area contributed by atoms with Crippen molar-refractivity contribution in [1.82, 2.24) is 9.78 Å². The molecule has 0 bridgehead atoms. The lowest BCUT2D eigenvalue weighted by Gasteiger charge is -2.14. The molecule has 130 valence electrons. The number of rotatable bonds is 5. The Morgan fingerprint density at radius 2 is 1.76 bits per heavy atom. The van der Waals surface area contributed by atoms with Crippen molar-refractivity contribution in [2.45, 2.75) is 24.7 Å². The van der Waals surface area contributed by atoms with Gasteiger partial charge in [-0.1, -0.05) is 44.2 Å². The predicted molar refractivity (Wildman–Crippen MR) is 94.9 cm³/mol. The summed E-state index contributed by atoms with van der Waals surface area (Å²) in [6.07, 6.45) is 2.49. The molecule has 25 heavy (non-hydrogen) atoms. The number of nitrogens with zero attached hydrogens (tertiary/aromatic N) is 2. The van der Waals surface area contributed by atoms with Gasteiger partial charge >= 0.3 is 0 Å². The van der Waals surface area contributed by atoms with E-state index in [4.69, 9.17) is 0 Å². The van der Waals surface area contributed by atoms with Crippen LogP contribution in [0.3, 0.4) is 0 Å². The highest BCUT2D eigenvalue weighted by Gasteiger charge is 2.19. The minimum atomic E-state index is -3.83. The number of aromatic nitrogens is 2. The first-order valence-corrected chi connectivity index (χ1v) is 9.28. The largest absolute Gasteiger partial charge is 0.279 e. The molecule has 0 saturated heterocycles. The van der Waals surface area contributed by atoms with Crippen LogP contribution in [0.25, 0.3) is 5.69 Å². The fraction of sp³-hybridized carbons (Fsp3) is 0.167. The van der Waals surface area contributed by atoms with Gasteiger partial charge < -0.3 is 0 Å². The zero-order chi connectivity index (χ0) is 18.0. The summed E-state index contributed by atoms with van der Waals surface area (Å²) in [5, 5.41) is 3.97. The van der Waals surface area contributed by atoms with Crippen LogP contribution in [0.5, 0.6) is 0 Å². The molecular formula is C18H18FN3O2S. The molecular weight excluding hydrogens is 341 g/mol. The number of anilines is 1. The molecule has 0 aliphatic carbocycles. The average Bonchev–Trinajstić information content (AvgIpc) is 3.06. The van der Waals surface area contributed by atoms with E-state index in [9.17, 15) is 12.8 Å². The molecule has 2 aromatic carbocycles. The highest BCUT2D eigenvalue weighted by molar-refractivity contribution is 7.92. The smallest absolute Gasteiger partial charge is 0.265 e. The molecule has 0 aliphatic rings. The lowest BCUT2D eigenvalue weighted by Crippen LogP contribution is -2.14. The molecule has 3 aromatic rings. The van der Waals surface area contributed by atoms with Gasteiger partial charge in [0, 0.05) is 0 Å². The van der Waals surface area contributed by atoms with Crippen molar-refractivity contribution in [1.29, 1.82) is 0 Å². The van der Waals surface area contributed by atoms with E-state index in [0.29, 0.717) is 5.69 Å². The Labute approximate surface area is 146 Å². The number of hydrogen-bond acceptors (Lipinski definition) is 3. The van der Waals surface area contributed by atoms with E-state index in [0.717, 1.165) is 5.56 Å². The van der Waals surface area contributed by atoms with Crippen molar-refractivity contribution >= 4 is 15.7 Å². The highest BCUT2D eigenvalue weighted by Crippen LogP contribution is 2.26.